The molecule has 0 spiro atoms. The standard InChI is InChI=1S/C10H18N2O3/c1-7(10(13)12-11)15-9-6-4-3-5-8(9)14-2/h7H,3-6,11H2,1-2H3,(H,12,13). The summed E-state index contributed by atoms with van der Waals surface area (Å²) in [5.74, 6) is 6.31. The topological polar surface area (TPSA) is 73.6 Å². The number of rotatable bonds is 4. The fourth-order valence-corrected chi connectivity index (χ4v) is 1.57. The molecule has 0 aromatic rings. The molecule has 1 unspecified atom stereocenters. The number of carbonyl (C=O) groups excluding carboxylic acids is 1. The second-order valence-electron chi connectivity index (χ2n) is 3.53. The molecule has 0 radical (unpaired) electrons. The Hall–Kier alpha value is -1.23. The van der Waals surface area contributed by atoms with Crippen molar-refractivity contribution in [2.24, 2.45) is 5.84 Å². The zero-order chi connectivity index (χ0) is 11.3. The van der Waals surface area contributed by atoms with E-state index < -0.39 is 6.10 Å². The van der Waals surface area contributed by atoms with E-state index in [2.05, 4.69) is 5.43 Å². The highest BCUT2D eigenvalue weighted by molar-refractivity contribution is 5.79. The Morgan fingerprint density at radius 2 is 2.00 bits per heavy atom. The van der Waals surface area contributed by atoms with Crippen LogP contribution in [0.5, 0.6) is 0 Å². The average molecular weight is 214 g/mol. The normalized spacial score (nSPS) is 18.3. The summed E-state index contributed by atoms with van der Waals surface area (Å²) in [6.07, 6.45) is 3.30. The molecule has 1 rings (SSSR count). The zero-order valence-electron chi connectivity index (χ0n) is 9.21. The Balaban J connectivity index is 2.62. The number of nitrogens with two attached hydrogens (primary N) is 1. The predicted molar refractivity (Wildman–Crippen MR) is 55.4 cm³/mol. The van der Waals surface area contributed by atoms with E-state index in [9.17, 15) is 4.79 Å². The van der Waals surface area contributed by atoms with Crippen LogP contribution in [0.4, 0.5) is 0 Å². The Bertz CT molecular complexity index is 263. The van der Waals surface area contributed by atoms with E-state index in [4.69, 9.17) is 15.3 Å². The predicted octanol–water partition coefficient (Wildman–Crippen LogP) is 0.813. The number of ether oxygens (including phenoxy) is 2. The summed E-state index contributed by atoms with van der Waals surface area (Å²) in [5.41, 5.74) is 2.06. The van der Waals surface area contributed by atoms with Crippen molar-refractivity contribution in [1.82, 2.24) is 5.43 Å². The number of hydrogen-bond donors (Lipinski definition) is 2. The van der Waals surface area contributed by atoms with Gasteiger partial charge in [0.15, 0.2) is 6.10 Å². The first-order chi connectivity index (χ1) is 7.19. The van der Waals surface area contributed by atoms with E-state index in [0.29, 0.717) is 0 Å². The second-order valence-corrected chi connectivity index (χ2v) is 3.53. The molecule has 0 aromatic heterocycles. The molecule has 0 saturated heterocycles. The highest BCUT2D eigenvalue weighted by atomic mass is 16.5. The van der Waals surface area contributed by atoms with Gasteiger partial charge in [0.1, 0.15) is 11.5 Å². The minimum Gasteiger partial charge on any atom is -0.498 e. The lowest BCUT2D eigenvalue weighted by Gasteiger charge is -2.22. The molecule has 86 valence electrons. The van der Waals surface area contributed by atoms with Crippen LogP contribution < -0.4 is 11.3 Å². The summed E-state index contributed by atoms with van der Waals surface area (Å²) >= 11 is 0. The van der Waals surface area contributed by atoms with E-state index in [-0.39, 0.29) is 5.91 Å². The van der Waals surface area contributed by atoms with Crippen LogP contribution in [0.25, 0.3) is 0 Å². The third-order valence-corrected chi connectivity index (χ3v) is 2.45. The first-order valence-corrected chi connectivity index (χ1v) is 5.12. The molecule has 0 bridgehead atoms. The number of hydrazine groups is 1. The lowest BCUT2D eigenvalue weighted by molar-refractivity contribution is -0.130. The SMILES string of the molecule is COC1=C(OC(C)C(=O)NN)CCCC1. The van der Waals surface area contributed by atoms with Gasteiger partial charge in [-0.25, -0.2) is 5.84 Å². The van der Waals surface area contributed by atoms with Crippen LogP contribution in [0.1, 0.15) is 32.6 Å². The minimum atomic E-state index is -0.576. The van der Waals surface area contributed by atoms with Crippen LogP contribution in [0.3, 0.4) is 0 Å². The van der Waals surface area contributed by atoms with Gasteiger partial charge in [-0.1, -0.05) is 0 Å². The summed E-state index contributed by atoms with van der Waals surface area (Å²) in [4.78, 5) is 11.2. The molecule has 15 heavy (non-hydrogen) atoms. The lowest BCUT2D eigenvalue weighted by Crippen LogP contribution is -2.39. The number of carbonyl (C=O) groups is 1. The van der Waals surface area contributed by atoms with Crippen molar-refractivity contribution in [2.45, 2.75) is 38.7 Å². The third kappa shape index (κ3) is 3.13. The largest absolute Gasteiger partial charge is 0.498 e. The van der Waals surface area contributed by atoms with Crippen molar-refractivity contribution in [3.05, 3.63) is 11.5 Å². The Morgan fingerprint density at radius 1 is 1.40 bits per heavy atom. The number of hydrogen-bond acceptors (Lipinski definition) is 4. The molecule has 0 heterocycles. The van der Waals surface area contributed by atoms with Crippen LogP contribution in [0.15, 0.2) is 11.5 Å². The molecule has 1 aliphatic rings. The van der Waals surface area contributed by atoms with Crippen molar-refractivity contribution < 1.29 is 14.3 Å². The molecular formula is C10H18N2O3. The van der Waals surface area contributed by atoms with Gasteiger partial charge < -0.3 is 9.47 Å². The van der Waals surface area contributed by atoms with Gasteiger partial charge in [-0.2, -0.15) is 0 Å². The van der Waals surface area contributed by atoms with Crippen molar-refractivity contribution in [2.75, 3.05) is 7.11 Å². The van der Waals surface area contributed by atoms with Gasteiger partial charge in [0.2, 0.25) is 0 Å². The smallest absolute Gasteiger partial charge is 0.274 e. The average Bonchev–Trinajstić information content (AvgIpc) is 2.28. The molecule has 0 aliphatic heterocycles. The number of methoxy groups -OCH3 is 1. The van der Waals surface area contributed by atoms with Crippen molar-refractivity contribution in [3.63, 3.8) is 0 Å². The lowest BCUT2D eigenvalue weighted by atomic mass is 10.0. The number of amides is 1. The Kier molecular flexibility index (Phi) is 4.42. The maximum atomic E-state index is 11.2. The number of nitrogens with one attached hydrogen (secondary N) is 1. The van der Waals surface area contributed by atoms with Crippen LogP contribution >= 0.6 is 0 Å². The van der Waals surface area contributed by atoms with Gasteiger partial charge in [-0.3, -0.25) is 10.2 Å². The monoisotopic (exact) mass is 214 g/mol. The maximum Gasteiger partial charge on any atom is 0.274 e. The molecule has 0 saturated carbocycles. The van der Waals surface area contributed by atoms with E-state index >= 15 is 0 Å². The highest BCUT2D eigenvalue weighted by Gasteiger charge is 2.20. The van der Waals surface area contributed by atoms with Crippen molar-refractivity contribution in [1.29, 1.82) is 0 Å². The maximum absolute atomic E-state index is 11.2. The molecule has 0 aromatic carbocycles. The Morgan fingerprint density at radius 3 is 2.53 bits per heavy atom. The fraction of sp³-hybridized carbons (Fsp3) is 0.700. The van der Waals surface area contributed by atoms with Crippen LogP contribution in [-0.2, 0) is 14.3 Å². The van der Waals surface area contributed by atoms with Gasteiger partial charge in [-0.05, 0) is 19.8 Å². The van der Waals surface area contributed by atoms with Gasteiger partial charge in [-0.15, -0.1) is 0 Å². The molecule has 1 atom stereocenters. The van der Waals surface area contributed by atoms with Crippen molar-refractivity contribution in [3.8, 4) is 0 Å². The summed E-state index contributed by atoms with van der Waals surface area (Å²) in [6.45, 7) is 1.66. The Labute approximate surface area is 89.6 Å². The highest BCUT2D eigenvalue weighted by Crippen LogP contribution is 2.26. The van der Waals surface area contributed by atoms with Crippen LogP contribution in [0, 0.1) is 0 Å². The molecule has 5 heteroatoms. The third-order valence-electron chi connectivity index (χ3n) is 2.45. The first kappa shape index (κ1) is 11.8. The summed E-state index contributed by atoms with van der Waals surface area (Å²) < 4.78 is 10.7. The second kappa shape index (κ2) is 5.60. The number of allylic oxidation sites excluding steroid dienone is 2. The summed E-state index contributed by atoms with van der Waals surface area (Å²) in [7, 11) is 1.62. The van der Waals surface area contributed by atoms with E-state index in [1.54, 1.807) is 14.0 Å². The zero-order valence-corrected chi connectivity index (χ0v) is 9.21. The van der Waals surface area contributed by atoms with E-state index in [1.165, 1.54) is 0 Å². The fourth-order valence-electron chi connectivity index (χ4n) is 1.57. The molecule has 0 fully saturated rings. The quantitative estimate of drug-likeness (QED) is 0.412. The molecule has 5 nitrogen and oxygen atoms in total. The first-order valence-electron chi connectivity index (χ1n) is 5.12. The van der Waals surface area contributed by atoms with Gasteiger partial charge in [0, 0.05) is 12.8 Å². The summed E-state index contributed by atoms with van der Waals surface area (Å²) in [5, 5.41) is 0. The molecule has 1 amide bonds. The molecule has 3 N–H and O–H groups in total. The molecule has 1 aliphatic carbocycles. The van der Waals surface area contributed by atoms with Crippen molar-refractivity contribution >= 4 is 5.91 Å². The molecular weight excluding hydrogens is 196 g/mol. The summed E-state index contributed by atoms with van der Waals surface area (Å²) in [6, 6.07) is 0. The van der Waals surface area contributed by atoms with Gasteiger partial charge in [0.05, 0.1) is 7.11 Å². The van der Waals surface area contributed by atoms with Crippen LogP contribution in [-0.4, -0.2) is 19.1 Å². The van der Waals surface area contributed by atoms with Gasteiger partial charge in [0.25, 0.3) is 5.91 Å². The van der Waals surface area contributed by atoms with Crippen LogP contribution in [0.2, 0.25) is 0 Å². The minimum absolute atomic E-state index is 0.330. The van der Waals surface area contributed by atoms with E-state index in [1.807, 2.05) is 0 Å². The van der Waals surface area contributed by atoms with Gasteiger partial charge >= 0.3 is 0 Å². The van der Waals surface area contributed by atoms with E-state index in [0.717, 1.165) is 37.2 Å².